The third-order valence-electron chi connectivity index (χ3n) is 5.27. The minimum absolute atomic E-state index is 0.0625. The summed E-state index contributed by atoms with van der Waals surface area (Å²) >= 11 is 0. The lowest BCUT2D eigenvalue weighted by molar-refractivity contribution is 0.283. The Morgan fingerprint density at radius 3 is 2.36 bits per heavy atom. The Balaban J connectivity index is 2.05. The van der Waals surface area contributed by atoms with Gasteiger partial charge in [0.15, 0.2) is 11.6 Å². The lowest BCUT2D eigenvalue weighted by atomic mass is 9.98. The molecule has 0 unspecified atom stereocenters. The molecule has 2 aromatic carbocycles. The zero-order chi connectivity index (χ0) is 20.7. The summed E-state index contributed by atoms with van der Waals surface area (Å²) in [5.74, 6) is -2.91. The van der Waals surface area contributed by atoms with Crippen molar-refractivity contribution in [1.29, 1.82) is 0 Å². The standard InChI is InChI=1S/C20H22F3NO3S/c1-12-3-4-14(16(21)9-12)11-15-18(23)17(22)10-13(2)19(15)24-28(26,27)20(5-6-20)7-8-25/h3-4,9-10,24-25H,5-8,11H2,1-2H3. The quantitative estimate of drug-likeness (QED) is 0.722. The first-order valence-electron chi connectivity index (χ1n) is 8.96. The molecule has 0 bridgehead atoms. The van der Waals surface area contributed by atoms with Crippen molar-refractivity contribution in [3.05, 3.63) is 64.0 Å². The molecule has 3 rings (SSSR count). The highest BCUT2D eigenvalue weighted by molar-refractivity contribution is 7.94. The highest BCUT2D eigenvalue weighted by Gasteiger charge is 2.54. The molecule has 0 spiro atoms. The predicted molar refractivity (Wildman–Crippen MR) is 101 cm³/mol. The highest BCUT2D eigenvalue weighted by Crippen LogP contribution is 2.47. The van der Waals surface area contributed by atoms with Gasteiger partial charge in [-0.3, -0.25) is 4.72 Å². The molecule has 152 valence electrons. The number of anilines is 1. The van der Waals surface area contributed by atoms with Crippen LogP contribution in [0.3, 0.4) is 0 Å². The van der Waals surface area contributed by atoms with Gasteiger partial charge in [0, 0.05) is 18.6 Å². The topological polar surface area (TPSA) is 66.4 Å². The second-order valence-electron chi connectivity index (χ2n) is 7.38. The largest absolute Gasteiger partial charge is 0.396 e. The summed E-state index contributed by atoms with van der Waals surface area (Å²) in [7, 11) is -3.94. The lowest BCUT2D eigenvalue weighted by Gasteiger charge is -2.21. The van der Waals surface area contributed by atoms with E-state index in [2.05, 4.69) is 4.72 Å². The highest BCUT2D eigenvalue weighted by atomic mass is 32.2. The maximum Gasteiger partial charge on any atom is 0.238 e. The van der Waals surface area contributed by atoms with Gasteiger partial charge in [-0.05, 0) is 61.9 Å². The maximum absolute atomic E-state index is 14.6. The molecular weight excluding hydrogens is 391 g/mol. The van der Waals surface area contributed by atoms with Crippen molar-refractivity contribution in [3.8, 4) is 0 Å². The molecule has 1 fully saturated rings. The number of aliphatic hydroxyl groups excluding tert-OH is 1. The van der Waals surface area contributed by atoms with Crippen LogP contribution in [0.25, 0.3) is 0 Å². The summed E-state index contributed by atoms with van der Waals surface area (Å²) in [5.41, 5.74) is 0.681. The third kappa shape index (κ3) is 3.75. The van der Waals surface area contributed by atoms with Gasteiger partial charge in [0.05, 0.1) is 10.4 Å². The van der Waals surface area contributed by atoms with E-state index in [4.69, 9.17) is 5.11 Å². The Labute approximate surface area is 162 Å². The van der Waals surface area contributed by atoms with Gasteiger partial charge in [-0.1, -0.05) is 12.1 Å². The molecule has 2 aromatic rings. The van der Waals surface area contributed by atoms with E-state index in [0.717, 1.165) is 6.07 Å². The van der Waals surface area contributed by atoms with E-state index in [0.29, 0.717) is 18.4 Å². The number of rotatable bonds is 7. The molecule has 1 saturated carbocycles. The summed E-state index contributed by atoms with van der Waals surface area (Å²) < 4.78 is 69.8. The Kier molecular flexibility index (Phi) is 5.46. The van der Waals surface area contributed by atoms with Crippen LogP contribution in [0.1, 0.15) is 41.5 Å². The number of hydrogen-bond acceptors (Lipinski definition) is 3. The minimum Gasteiger partial charge on any atom is -0.396 e. The van der Waals surface area contributed by atoms with Crippen molar-refractivity contribution >= 4 is 15.7 Å². The van der Waals surface area contributed by atoms with Gasteiger partial charge >= 0.3 is 0 Å². The van der Waals surface area contributed by atoms with Crippen molar-refractivity contribution in [2.75, 3.05) is 11.3 Å². The van der Waals surface area contributed by atoms with Crippen LogP contribution in [0.4, 0.5) is 18.9 Å². The SMILES string of the molecule is Cc1ccc(Cc2c(F)c(F)cc(C)c2NS(=O)(=O)C2(CCO)CC2)c(F)c1. The molecule has 1 aliphatic carbocycles. The van der Waals surface area contributed by atoms with Crippen LogP contribution >= 0.6 is 0 Å². The summed E-state index contributed by atoms with van der Waals surface area (Å²) in [6.45, 7) is 2.87. The second-order valence-corrected chi connectivity index (χ2v) is 9.45. The van der Waals surface area contributed by atoms with E-state index < -0.39 is 32.2 Å². The number of sulfonamides is 1. The molecule has 0 aromatic heterocycles. The van der Waals surface area contributed by atoms with Gasteiger partial charge in [-0.25, -0.2) is 21.6 Å². The molecule has 0 radical (unpaired) electrons. The summed E-state index contributed by atoms with van der Waals surface area (Å²) in [5, 5.41) is 9.17. The fourth-order valence-electron chi connectivity index (χ4n) is 3.35. The van der Waals surface area contributed by atoms with Crippen LogP contribution in [-0.4, -0.2) is 24.9 Å². The zero-order valence-electron chi connectivity index (χ0n) is 15.7. The lowest BCUT2D eigenvalue weighted by Crippen LogP contribution is -2.31. The first kappa shape index (κ1) is 20.7. The van der Waals surface area contributed by atoms with Crippen LogP contribution in [0.5, 0.6) is 0 Å². The van der Waals surface area contributed by atoms with Gasteiger partial charge in [0.25, 0.3) is 0 Å². The molecule has 4 nitrogen and oxygen atoms in total. The average molecular weight is 413 g/mol. The smallest absolute Gasteiger partial charge is 0.238 e. The monoisotopic (exact) mass is 413 g/mol. The van der Waals surface area contributed by atoms with Crippen LogP contribution < -0.4 is 4.72 Å². The molecule has 2 N–H and O–H groups in total. The summed E-state index contributed by atoms with van der Waals surface area (Å²) in [6.07, 6.45) is 0.523. The molecule has 0 heterocycles. The maximum atomic E-state index is 14.6. The van der Waals surface area contributed by atoms with Crippen molar-refractivity contribution in [2.45, 2.75) is 44.3 Å². The third-order valence-corrected chi connectivity index (χ3v) is 7.50. The molecule has 28 heavy (non-hydrogen) atoms. The Morgan fingerprint density at radius 1 is 1.11 bits per heavy atom. The van der Waals surface area contributed by atoms with Crippen LogP contribution in [0, 0.1) is 31.3 Å². The number of hydrogen-bond donors (Lipinski definition) is 2. The van der Waals surface area contributed by atoms with Crippen molar-refractivity contribution in [3.63, 3.8) is 0 Å². The first-order chi connectivity index (χ1) is 13.1. The molecule has 0 aliphatic heterocycles. The summed E-state index contributed by atoms with van der Waals surface area (Å²) in [6, 6.07) is 5.31. The average Bonchev–Trinajstić information content (AvgIpc) is 3.39. The van der Waals surface area contributed by atoms with E-state index >= 15 is 0 Å². The normalized spacial score (nSPS) is 15.5. The zero-order valence-corrected chi connectivity index (χ0v) is 16.5. The fraction of sp³-hybridized carbons (Fsp3) is 0.400. The number of halogens is 3. The van der Waals surface area contributed by atoms with E-state index in [1.807, 2.05) is 0 Å². The molecular formula is C20H22F3NO3S. The van der Waals surface area contributed by atoms with Crippen LogP contribution in [0.15, 0.2) is 24.3 Å². The van der Waals surface area contributed by atoms with E-state index in [9.17, 15) is 21.6 Å². The Hall–Kier alpha value is -2.06. The fourth-order valence-corrected chi connectivity index (χ4v) is 5.12. The van der Waals surface area contributed by atoms with E-state index in [1.54, 1.807) is 13.0 Å². The molecule has 0 saturated heterocycles. The molecule has 1 aliphatic rings. The second kappa shape index (κ2) is 7.40. The number of nitrogens with one attached hydrogen (secondary N) is 1. The van der Waals surface area contributed by atoms with Gasteiger partial charge in [-0.15, -0.1) is 0 Å². The summed E-state index contributed by atoms with van der Waals surface area (Å²) in [4.78, 5) is 0. The molecule has 0 amide bonds. The number of benzene rings is 2. The van der Waals surface area contributed by atoms with Crippen molar-refractivity contribution in [1.82, 2.24) is 0 Å². The van der Waals surface area contributed by atoms with Crippen molar-refractivity contribution < 1.29 is 26.7 Å². The molecule has 0 atom stereocenters. The van der Waals surface area contributed by atoms with E-state index in [1.165, 1.54) is 19.1 Å². The van der Waals surface area contributed by atoms with Crippen LogP contribution in [-0.2, 0) is 16.4 Å². The van der Waals surface area contributed by atoms with Gasteiger partial charge in [0.1, 0.15) is 5.82 Å². The van der Waals surface area contributed by atoms with Gasteiger partial charge < -0.3 is 5.11 Å². The van der Waals surface area contributed by atoms with Crippen molar-refractivity contribution in [2.24, 2.45) is 0 Å². The minimum atomic E-state index is -3.94. The first-order valence-corrected chi connectivity index (χ1v) is 10.4. The number of aliphatic hydroxyl groups is 1. The van der Waals surface area contributed by atoms with E-state index in [-0.39, 0.29) is 41.8 Å². The predicted octanol–water partition coefficient (Wildman–Crippen LogP) is 3.97. The van der Waals surface area contributed by atoms with Crippen LogP contribution in [0.2, 0.25) is 0 Å². The van der Waals surface area contributed by atoms with Gasteiger partial charge in [-0.2, -0.15) is 0 Å². The molecule has 8 heteroatoms. The Morgan fingerprint density at radius 2 is 1.79 bits per heavy atom. The Bertz CT molecular complexity index is 1020. The number of aryl methyl sites for hydroxylation is 2. The van der Waals surface area contributed by atoms with Gasteiger partial charge in [0.2, 0.25) is 10.0 Å².